The Bertz CT molecular complexity index is 788. The summed E-state index contributed by atoms with van der Waals surface area (Å²) in [5.41, 5.74) is 6.12. The van der Waals surface area contributed by atoms with Crippen molar-refractivity contribution in [2.75, 3.05) is 7.11 Å². The third-order valence-corrected chi connectivity index (χ3v) is 5.46. The van der Waals surface area contributed by atoms with Crippen molar-refractivity contribution in [2.24, 2.45) is 5.92 Å². The van der Waals surface area contributed by atoms with E-state index in [9.17, 15) is 5.11 Å². The van der Waals surface area contributed by atoms with Gasteiger partial charge in [-0.1, -0.05) is 24.6 Å². The predicted octanol–water partition coefficient (Wildman–Crippen LogP) is 5.15. The molecule has 1 saturated carbocycles. The van der Waals surface area contributed by atoms with E-state index >= 15 is 0 Å². The van der Waals surface area contributed by atoms with Crippen LogP contribution >= 0.6 is 0 Å². The molecule has 0 amide bonds. The zero-order valence-corrected chi connectivity index (χ0v) is 13.7. The molecule has 2 nitrogen and oxygen atoms in total. The van der Waals surface area contributed by atoms with Crippen molar-refractivity contribution in [2.45, 2.75) is 32.1 Å². The molecule has 118 valence electrons. The molecule has 0 bridgehead atoms. The molecule has 1 fully saturated rings. The van der Waals surface area contributed by atoms with Gasteiger partial charge in [0.25, 0.3) is 0 Å². The van der Waals surface area contributed by atoms with Gasteiger partial charge in [0.15, 0.2) is 0 Å². The van der Waals surface area contributed by atoms with Crippen LogP contribution in [0.1, 0.15) is 47.4 Å². The number of ether oxygens (including phenoxy) is 1. The van der Waals surface area contributed by atoms with Crippen molar-refractivity contribution in [3.05, 3.63) is 58.7 Å². The van der Waals surface area contributed by atoms with E-state index in [1.165, 1.54) is 36.0 Å². The van der Waals surface area contributed by atoms with Crippen molar-refractivity contribution in [1.29, 1.82) is 0 Å². The molecule has 0 aromatic heterocycles. The molecule has 0 radical (unpaired) electrons. The smallest absolute Gasteiger partial charge is 0.123 e. The van der Waals surface area contributed by atoms with Gasteiger partial charge in [-0.25, -0.2) is 0 Å². The Morgan fingerprint density at radius 2 is 1.91 bits per heavy atom. The van der Waals surface area contributed by atoms with E-state index in [1.807, 2.05) is 6.07 Å². The van der Waals surface area contributed by atoms with Gasteiger partial charge in [0.05, 0.1) is 7.11 Å². The first kappa shape index (κ1) is 14.4. The van der Waals surface area contributed by atoms with Gasteiger partial charge in [0.2, 0.25) is 0 Å². The van der Waals surface area contributed by atoms with Crippen molar-refractivity contribution < 1.29 is 9.84 Å². The second-order valence-corrected chi connectivity index (χ2v) is 6.71. The second-order valence-electron chi connectivity index (χ2n) is 6.71. The number of phenolic OH excluding ortho intramolecular Hbond substituents is 1. The van der Waals surface area contributed by atoms with Gasteiger partial charge < -0.3 is 9.84 Å². The maximum atomic E-state index is 10.3. The number of rotatable bonds is 2. The van der Waals surface area contributed by atoms with Crippen LogP contribution in [0.15, 0.2) is 36.4 Å². The Morgan fingerprint density at radius 1 is 1.09 bits per heavy atom. The van der Waals surface area contributed by atoms with E-state index in [1.54, 1.807) is 13.2 Å². The number of allylic oxidation sites excluding steroid dienone is 1. The van der Waals surface area contributed by atoms with Crippen LogP contribution in [0.2, 0.25) is 0 Å². The van der Waals surface area contributed by atoms with Gasteiger partial charge in [-0.3, -0.25) is 0 Å². The fourth-order valence-corrected chi connectivity index (χ4v) is 4.37. The number of methoxy groups -OCH3 is 1. The number of hydrogen-bond donors (Lipinski definition) is 1. The molecule has 23 heavy (non-hydrogen) atoms. The molecule has 4 rings (SSSR count). The first-order valence-electron chi connectivity index (χ1n) is 8.37. The van der Waals surface area contributed by atoms with Crippen molar-refractivity contribution >= 4 is 11.6 Å². The van der Waals surface area contributed by atoms with Crippen LogP contribution in [-0.4, -0.2) is 12.2 Å². The zero-order chi connectivity index (χ0) is 16.0. The summed E-state index contributed by atoms with van der Waals surface area (Å²) >= 11 is 0. The van der Waals surface area contributed by atoms with Crippen LogP contribution in [0.3, 0.4) is 0 Å². The van der Waals surface area contributed by atoms with Crippen LogP contribution in [0.5, 0.6) is 11.5 Å². The van der Waals surface area contributed by atoms with Gasteiger partial charge in [0, 0.05) is 5.56 Å². The molecule has 2 aromatic rings. The second kappa shape index (κ2) is 5.45. The molecule has 0 saturated heterocycles. The quantitative estimate of drug-likeness (QED) is 0.831. The maximum absolute atomic E-state index is 10.3. The van der Waals surface area contributed by atoms with E-state index < -0.39 is 0 Å². The molecule has 2 aliphatic rings. The molecule has 2 aromatic carbocycles. The van der Waals surface area contributed by atoms with E-state index in [4.69, 9.17) is 4.74 Å². The van der Waals surface area contributed by atoms with Crippen molar-refractivity contribution in [1.82, 2.24) is 0 Å². The molecule has 1 N–H and O–H groups in total. The maximum Gasteiger partial charge on any atom is 0.123 e. The Hall–Kier alpha value is -2.22. The highest BCUT2D eigenvalue weighted by atomic mass is 16.5. The summed E-state index contributed by atoms with van der Waals surface area (Å²) in [6, 6.07) is 12.4. The molecule has 0 unspecified atom stereocenters. The number of benzene rings is 2. The van der Waals surface area contributed by atoms with Crippen LogP contribution in [0.4, 0.5) is 0 Å². The SMILES string of the molecule is COc1ccc(C2=Cc3c(O)cccc3[C@@H]3CCC[C@H]23)cc1C. The fraction of sp³-hybridized carbons (Fsp3) is 0.333. The number of aromatic hydroxyl groups is 1. The lowest BCUT2D eigenvalue weighted by molar-refractivity contribution is 0.411. The molecule has 0 heterocycles. The lowest BCUT2D eigenvalue weighted by atomic mass is 9.74. The van der Waals surface area contributed by atoms with Crippen LogP contribution in [0, 0.1) is 12.8 Å². The van der Waals surface area contributed by atoms with Gasteiger partial charge in [-0.05, 0) is 78.1 Å². The first-order chi connectivity index (χ1) is 11.2. The molecule has 2 atom stereocenters. The van der Waals surface area contributed by atoms with Crippen LogP contribution < -0.4 is 4.74 Å². The van der Waals surface area contributed by atoms with Gasteiger partial charge in [0.1, 0.15) is 11.5 Å². The summed E-state index contributed by atoms with van der Waals surface area (Å²) in [5, 5.41) is 10.3. The normalized spacial score (nSPS) is 22.3. The zero-order valence-electron chi connectivity index (χ0n) is 13.7. The van der Waals surface area contributed by atoms with Crippen molar-refractivity contribution in [3.8, 4) is 11.5 Å². The predicted molar refractivity (Wildman–Crippen MR) is 93.8 cm³/mol. The van der Waals surface area contributed by atoms with E-state index in [2.05, 4.69) is 37.3 Å². The minimum atomic E-state index is 0.399. The molecule has 0 spiro atoms. The average Bonchev–Trinajstić information content (AvgIpc) is 3.04. The van der Waals surface area contributed by atoms with Crippen molar-refractivity contribution in [3.63, 3.8) is 0 Å². The number of fused-ring (bicyclic) bond motifs is 3. The van der Waals surface area contributed by atoms with E-state index in [-0.39, 0.29) is 0 Å². The standard InChI is InChI=1S/C21H22O2/c1-13-11-14(9-10-21(13)23-2)18-12-19-17(7-4-8-20(19)22)15-5-3-6-16(15)18/h4,7-12,15-16,22H,3,5-6H2,1-2H3/t15-,16+/m1/s1. The van der Waals surface area contributed by atoms with Gasteiger partial charge in [-0.2, -0.15) is 0 Å². The number of aryl methyl sites for hydroxylation is 1. The summed E-state index contributed by atoms with van der Waals surface area (Å²) in [6.07, 6.45) is 5.92. The summed E-state index contributed by atoms with van der Waals surface area (Å²) in [7, 11) is 1.71. The molecule has 0 aliphatic heterocycles. The Morgan fingerprint density at radius 3 is 2.70 bits per heavy atom. The Kier molecular flexibility index (Phi) is 3.41. The summed E-state index contributed by atoms with van der Waals surface area (Å²) in [5.74, 6) is 2.43. The summed E-state index contributed by atoms with van der Waals surface area (Å²) in [4.78, 5) is 0. The van der Waals surface area contributed by atoms with Crippen LogP contribution in [0.25, 0.3) is 11.6 Å². The first-order valence-corrected chi connectivity index (χ1v) is 8.37. The highest BCUT2D eigenvalue weighted by Gasteiger charge is 2.36. The summed E-state index contributed by atoms with van der Waals surface area (Å²) in [6.45, 7) is 2.09. The largest absolute Gasteiger partial charge is 0.507 e. The third-order valence-electron chi connectivity index (χ3n) is 5.46. The topological polar surface area (TPSA) is 29.5 Å². The average molecular weight is 306 g/mol. The minimum Gasteiger partial charge on any atom is -0.507 e. The minimum absolute atomic E-state index is 0.399. The highest BCUT2D eigenvalue weighted by molar-refractivity contribution is 5.88. The lowest BCUT2D eigenvalue weighted by Crippen LogP contribution is -2.14. The van der Waals surface area contributed by atoms with E-state index in [0.29, 0.717) is 17.6 Å². The molecule has 2 heteroatoms. The van der Waals surface area contributed by atoms with Gasteiger partial charge >= 0.3 is 0 Å². The van der Waals surface area contributed by atoms with Crippen LogP contribution in [-0.2, 0) is 0 Å². The third kappa shape index (κ3) is 2.24. The Labute approximate surface area is 137 Å². The summed E-state index contributed by atoms with van der Waals surface area (Å²) < 4.78 is 5.39. The Balaban J connectivity index is 1.87. The molecular formula is C21H22O2. The van der Waals surface area contributed by atoms with Gasteiger partial charge in [-0.15, -0.1) is 0 Å². The molecule has 2 aliphatic carbocycles. The monoisotopic (exact) mass is 306 g/mol. The number of hydrogen-bond acceptors (Lipinski definition) is 2. The lowest BCUT2D eigenvalue weighted by Gasteiger charge is -2.30. The fourth-order valence-electron chi connectivity index (χ4n) is 4.37. The number of phenols is 1. The van der Waals surface area contributed by atoms with E-state index in [0.717, 1.165) is 16.9 Å². The highest BCUT2D eigenvalue weighted by Crippen LogP contribution is 2.52. The molecular weight excluding hydrogens is 284 g/mol.